The van der Waals surface area contributed by atoms with E-state index >= 15 is 0 Å². The lowest BCUT2D eigenvalue weighted by molar-refractivity contribution is 0.281. The van der Waals surface area contributed by atoms with Crippen molar-refractivity contribution >= 4 is 0 Å². The Bertz CT molecular complexity index is 286. The smallest absolute Gasteiger partial charge is 0.122 e. The fourth-order valence-corrected chi connectivity index (χ4v) is 1.54. The average Bonchev–Trinajstić information content (AvgIpc) is 2.21. The Morgan fingerprint density at radius 3 is 2.73 bits per heavy atom. The molecule has 0 saturated carbocycles. The van der Waals surface area contributed by atoms with Gasteiger partial charge in [0.1, 0.15) is 5.75 Å². The van der Waals surface area contributed by atoms with E-state index in [0.717, 1.165) is 25.3 Å². The first-order valence-corrected chi connectivity index (χ1v) is 5.57. The van der Waals surface area contributed by atoms with Crippen LogP contribution in [0.1, 0.15) is 18.9 Å². The third-order valence-corrected chi connectivity index (χ3v) is 2.51. The summed E-state index contributed by atoms with van der Waals surface area (Å²) in [4.78, 5) is 0. The van der Waals surface area contributed by atoms with Crippen molar-refractivity contribution in [3.8, 4) is 5.75 Å². The number of rotatable bonds is 6. The van der Waals surface area contributed by atoms with Crippen molar-refractivity contribution < 1.29 is 4.74 Å². The topological polar surface area (TPSA) is 21.3 Å². The molecule has 0 saturated heterocycles. The van der Waals surface area contributed by atoms with E-state index in [1.807, 2.05) is 25.2 Å². The summed E-state index contributed by atoms with van der Waals surface area (Å²) in [5.74, 6) is 1.67. The molecule has 1 aromatic carbocycles. The van der Waals surface area contributed by atoms with Gasteiger partial charge in [-0.1, -0.05) is 25.1 Å². The van der Waals surface area contributed by atoms with Crippen LogP contribution in [0.15, 0.2) is 24.3 Å². The minimum Gasteiger partial charge on any atom is -0.493 e. The second-order valence-corrected chi connectivity index (χ2v) is 4.07. The standard InChI is InChI=1S/C13H21NO/c1-11(10-14-3)8-9-15-13-7-5-4-6-12(13)2/h4-7,11,14H,8-10H2,1-3H3. The highest BCUT2D eigenvalue weighted by molar-refractivity contribution is 5.31. The van der Waals surface area contributed by atoms with E-state index < -0.39 is 0 Å². The molecule has 84 valence electrons. The maximum atomic E-state index is 5.73. The fourth-order valence-electron chi connectivity index (χ4n) is 1.54. The number of hydrogen-bond acceptors (Lipinski definition) is 2. The summed E-state index contributed by atoms with van der Waals surface area (Å²) >= 11 is 0. The lowest BCUT2D eigenvalue weighted by atomic mass is 10.1. The molecule has 0 heterocycles. The van der Waals surface area contributed by atoms with Gasteiger partial charge in [-0.15, -0.1) is 0 Å². The third-order valence-electron chi connectivity index (χ3n) is 2.51. The van der Waals surface area contributed by atoms with E-state index in [1.165, 1.54) is 5.56 Å². The normalized spacial score (nSPS) is 12.5. The summed E-state index contributed by atoms with van der Waals surface area (Å²) in [6.07, 6.45) is 1.09. The van der Waals surface area contributed by atoms with Crippen molar-refractivity contribution in [2.24, 2.45) is 5.92 Å². The molecule has 0 radical (unpaired) electrons. The van der Waals surface area contributed by atoms with Gasteiger partial charge >= 0.3 is 0 Å². The molecular formula is C13H21NO. The number of hydrogen-bond donors (Lipinski definition) is 1. The van der Waals surface area contributed by atoms with E-state index in [-0.39, 0.29) is 0 Å². The molecule has 0 bridgehead atoms. The molecule has 1 unspecified atom stereocenters. The highest BCUT2D eigenvalue weighted by atomic mass is 16.5. The molecule has 0 amide bonds. The Balaban J connectivity index is 2.29. The summed E-state index contributed by atoms with van der Waals surface area (Å²) in [6.45, 7) is 6.16. The molecule has 1 atom stereocenters. The van der Waals surface area contributed by atoms with Gasteiger partial charge in [0.2, 0.25) is 0 Å². The van der Waals surface area contributed by atoms with Crippen LogP contribution in [0, 0.1) is 12.8 Å². The first-order chi connectivity index (χ1) is 7.24. The molecule has 1 N–H and O–H groups in total. The molecule has 1 aromatic rings. The van der Waals surface area contributed by atoms with Gasteiger partial charge in [0.25, 0.3) is 0 Å². The van der Waals surface area contributed by atoms with Gasteiger partial charge in [-0.05, 0) is 44.5 Å². The highest BCUT2D eigenvalue weighted by Gasteiger charge is 2.02. The summed E-state index contributed by atoms with van der Waals surface area (Å²) in [6, 6.07) is 8.15. The number of aryl methyl sites for hydroxylation is 1. The van der Waals surface area contributed by atoms with Crippen LogP contribution < -0.4 is 10.1 Å². The lowest BCUT2D eigenvalue weighted by Crippen LogP contribution is -2.18. The zero-order valence-electron chi connectivity index (χ0n) is 9.92. The van der Waals surface area contributed by atoms with Gasteiger partial charge in [0.15, 0.2) is 0 Å². The average molecular weight is 207 g/mol. The molecule has 0 aliphatic rings. The quantitative estimate of drug-likeness (QED) is 0.774. The summed E-state index contributed by atoms with van der Waals surface area (Å²) < 4.78 is 5.73. The lowest BCUT2D eigenvalue weighted by Gasteiger charge is -2.12. The largest absolute Gasteiger partial charge is 0.493 e. The van der Waals surface area contributed by atoms with Crippen LogP contribution in [0.2, 0.25) is 0 Å². The zero-order valence-corrected chi connectivity index (χ0v) is 9.92. The molecule has 1 rings (SSSR count). The van der Waals surface area contributed by atoms with Gasteiger partial charge in [0.05, 0.1) is 6.61 Å². The number of nitrogens with one attached hydrogen (secondary N) is 1. The van der Waals surface area contributed by atoms with Crippen molar-refractivity contribution in [2.75, 3.05) is 20.2 Å². The van der Waals surface area contributed by atoms with Crippen molar-refractivity contribution in [1.82, 2.24) is 5.32 Å². The maximum absolute atomic E-state index is 5.73. The second kappa shape index (κ2) is 6.46. The molecule has 0 aliphatic heterocycles. The van der Waals surface area contributed by atoms with E-state index in [0.29, 0.717) is 5.92 Å². The monoisotopic (exact) mass is 207 g/mol. The van der Waals surface area contributed by atoms with Crippen LogP contribution in [-0.4, -0.2) is 20.2 Å². The van der Waals surface area contributed by atoms with Crippen molar-refractivity contribution in [3.05, 3.63) is 29.8 Å². The third kappa shape index (κ3) is 4.34. The summed E-state index contributed by atoms with van der Waals surface area (Å²) in [7, 11) is 1.98. The molecule has 0 aromatic heterocycles. The molecule has 2 heteroatoms. The molecule has 0 spiro atoms. The predicted octanol–water partition coefficient (Wildman–Crippen LogP) is 2.62. The van der Waals surface area contributed by atoms with Crippen molar-refractivity contribution in [2.45, 2.75) is 20.3 Å². The predicted molar refractivity (Wildman–Crippen MR) is 64.4 cm³/mol. The zero-order chi connectivity index (χ0) is 11.1. The highest BCUT2D eigenvalue weighted by Crippen LogP contribution is 2.16. The van der Waals surface area contributed by atoms with E-state index in [9.17, 15) is 0 Å². The summed E-state index contributed by atoms with van der Waals surface area (Å²) in [5.41, 5.74) is 1.21. The Morgan fingerprint density at radius 2 is 2.07 bits per heavy atom. The minimum absolute atomic E-state index is 0.666. The molecule has 2 nitrogen and oxygen atoms in total. The van der Waals surface area contributed by atoms with Gasteiger partial charge in [-0.25, -0.2) is 0 Å². The van der Waals surface area contributed by atoms with Crippen molar-refractivity contribution in [3.63, 3.8) is 0 Å². The van der Waals surface area contributed by atoms with E-state index in [4.69, 9.17) is 4.74 Å². The Hall–Kier alpha value is -1.02. The van der Waals surface area contributed by atoms with Gasteiger partial charge in [0, 0.05) is 0 Å². The van der Waals surface area contributed by atoms with E-state index in [2.05, 4.69) is 25.2 Å². The van der Waals surface area contributed by atoms with Crippen LogP contribution in [0.4, 0.5) is 0 Å². The van der Waals surface area contributed by atoms with Crippen LogP contribution in [0.5, 0.6) is 5.75 Å². The SMILES string of the molecule is CNCC(C)CCOc1ccccc1C. The minimum atomic E-state index is 0.666. The summed E-state index contributed by atoms with van der Waals surface area (Å²) in [5, 5.41) is 3.17. The first kappa shape index (κ1) is 12.1. The molecular weight excluding hydrogens is 186 g/mol. The second-order valence-electron chi connectivity index (χ2n) is 4.07. The molecule has 15 heavy (non-hydrogen) atoms. The maximum Gasteiger partial charge on any atom is 0.122 e. The number of benzene rings is 1. The van der Waals surface area contributed by atoms with Gasteiger partial charge in [-0.3, -0.25) is 0 Å². The number of ether oxygens (including phenoxy) is 1. The van der Waals surface area contributed by atoms with Crippen LogP contribution in [0.25, 0.3) is 0 Å². The Labute approximate surface area is 92.6 Å². The molecule has 0 fully saturated rings. The van der Waals surface area contributed by atoms with Crippen LogP contribution in [0.3, 0.4) is 0 Å². The van der Waals surface area contributed by atoms with Gasteiger partial charge in [-0.2, -0.15) is 0 Å². The van der Waals surface area contributed by atoms with E-state index in [1.54, 1.807) is 0 Å². The first-order valence-electron chi connectivity index (χ1n) is 5.57. The van der Waals surface area contributed by atoms with Crippen molar-refractivity contribution in [1.29, 1.82) is 0 Å². The molecule has 0 aliphatic carbocycles. The number of para-hydroxylation sites is 1. The van der Waals surface area contributed by atoms with Gasteiger partial charge < -0.3 is 10.1 Å². The van der Waals surface area contributed by atoms with Crippen LogP contribution >= 0.6 is 0 Å². The van der Waals surface area contributed by atoms with Crippen LogP contribution in [-0.2, 0) is 0 Å². The fraction of sp³-hybridized carbons (Fsp3) is 0.538. The Morgan fingerprint density at radius 1 is 1.33 bits per heavy atom. The Kier molecular flexibility index (Phi) is 5.19.